The van der Waals surface area contributed by atoms with Gasteiger partial charge in [0.1, 0.15) is 0 Å². The zero-order valence-electron chi connectivity index (χ0n) is 7.90. The maximum atomic E-state index is 10.3. The molecule has 0 saturated heterocycles. The summed E-state index contributed by atoms with van der Waals surface area (Å²) in [5, 5.41) is 8.36. The van der Waals surface area contributed by atoms with Gasteiger partial charge in [0.2, 0.25) is 0 Å². The lowest BCUT2D eigenvalue weighted by Crippen LogP contribution is -2.26. The molecule has 0 saturated carbocycles. The molecule has 4 nitrogen and oxygen atoms in total. The van der Waals surface area contributed by atoms with Crippen molar-refractivity contribution in [3.05, 3.63) is 0 Å². The Morgan fingerprint density at radius 1 is 1.54 bits per heavy atom. The third-order valence-electron chi connectivity index (χ3n) is 1.78. The molecule has 1 unspecified atom stereocenters. The predicted molar refractivity (Wildman–Crippen MR) is 52.6 cm³/mol. The summed E-state index contributed by atoms with van der Waals surface area (Å²) in [6.07, 6.45) is 1.23. The van der Waals surface area contributed by atoms with E-state index in [0.29, 0.717) is 18.6 Å². The van der Waals surface area contributed by atoms with E-state index in [9.17, 15) is 4.21 Å². The third-order valence-corrected chi connectivity index (χ3v) is 2.42. The summed E-state index contributed by atoms with van der Waals surface area (Å²) in [7, 11) is 0. The van der Waals surface area contributed by atoms with Gasteiger partial charge in [0, 0.05) is 13.0 Å². The SMILES string of the molecule is CCN(CCC#N)CCCS(=O)O. The maximum Gasteiger partial charge on any atom is 0.152 e. The molecule has 0 aromatic rings. The summed E-state index contributed by atoms with van der Waals surface area (Å²) in [4.78, 5) is 2.11. The molecule has 0 aromatic carbocycles. The molecule has 0 spiro atoms. The Morgan fingerprint density at radius 2 is 2.23 bits per heavy atom. The first-order chi connectivity index (χ1) is 6.20. The molecule has 0 amide bonds. The van der Waals surface area contributed by atoms with Crippen molar-refractivity contribution in [3.8, 4) is 6.07 Å². The summed E-state index contributed by atoms with van der Waals surface area (Å²) in [6, 6.07) is 2.08. The van der Waals surface area contributed by atoms with Gasteiger partial charge >= 0.3 is 0 Å². The first kappa shape index (κ1) is 12.6. The Balaban J connectivity index is 3.48. The highest BCUT2D eigenvalue weighted by Crippen LogP contribution is 1.94. The van der Waals surface area contributed by atoms with Crippen molar-refractivity contribution in [1.29, 1.82) is 5.26 Å². The highest BCUT2D eigenvalue weighted by atomic mass is 32.2. The van der Waals surface area contributed by atoms with Crippen LogP contribution in [0.15, 0.2) is 0 Å². The molecule has 0 rings (SSSR count). The maximum absolute atomic E-state index is 10.3. The van der Waals surface area contributed by atoms with Crippen molar-refractivity contribution in [2.75, 3.05) is 25.4 Å². The van der Waals surface area contributed by atoms with Gasteiger partial charge in [0.15, 0.2) is 11.1 Å². The summed E-state index contributed by atoms with van der Waals surface area (Å²) >= 11 is -1.68. The lowest BCUT2D eigenvalue weighted by molar-refractivity contribution is 0.295. The number of hydrogen-bond donors (Lipinski definition) is 1. The van der Waals surface area contributed by atoms with E-state index >= 15 is 0 Å². The van der Waals surface area contributed by atoms with Crippen molar-refractivity contribution < 1.29 is 8.76 Å². The van der Waals surface area contributed by atoms with Gasteiger partial charge in [-0.05, 0) is 19.5 Å². The monoisotopic (exact) mass is 204 g/mol. The van der Waals surface area contributed by atoms with Crippen LogP contribution in [-0.2, 0) is 11.1 Å². The zero-order valence-corrected chi connectivity index (χ0v) is 8.72. The molecule has 0 bridgehead atoms. The molecule has 0 aliphatic carbocycles. The first-order valence-corrected chi connectivity index (χ1v) is 5.65. The highest BCUT2D eigenvalue weighted by molar-refractivity contribution is 7.79. The van der Waals surface area contributed by atoms with E-state index in [1.165, 1.54) is 0 Å². The van der Waals surface area contributed by atoms with Crippen molar-refractivity contribution in [2.24, 2.45) is 0 Å². The van der Waals surface area contributed by atoms with Gasteiger partial charge in [-0.25, -0.2) is 4.21 Å². The van der Waals surface area contributed by atoms with E-state index in [1.807, 2.05) is 6.92 Å². The van der Waals surface area contributed by atoms with Gasteiger partial charge in [-0.15, -0.1) is 0 Å². The molecule has 76 valence electrons. The number of nitrogens with zero attached hydrogens (tertiary/aromatic N) is 2. The fourth-order valence-corrected chi connectivity index (χ4v) is 1.42. The standard InChI is InChI=1S/C8H16N2O2S/c1-2-10(6-3-5-9)7-4-8-13(11)12/h2-4,6-8H2,1H3,(H,11,12). The Kier molecular flexibility index (Phi) is 7.90. The summed E-state index contributed by atoms with van der Waals surface area (Å²) in [6.45, 7) is 4.46. The fraction of sp³-hybridized carbons (Fsp3) is 0.875. The van der Waals surface area contributed by atoms with Gasteiger partial charge < -0.3 is 9.45 Å². The van der Waals surface area contributed by atoms with Crippen LogP contribution in [0.1, 0.15) is 19.8 Å². The van der Waals surface area contributed by atoms with Gasteiger partial charge in [-0.1, -0.05) is 6.92 Å². The van der Waals surface area contributed by atoms with E-state index in [4.69, 9.17) is 9.81 Å². The van der Waals surface area contributed by atoms with Crippen LogP contribution in [0, 0.1) is 11.3 Å². The second kappa shape index (κ2) is 8.17. The molecule has 0 radical (unpaired) electrons. The summed E-state index contributed by atoms with van der Waals surface area (Å²) in [5.41, 5.74) is 0. The largest absolute Gasteiger partial charge is 0.306 e. The van der Waals surface area contributed by atoms with Crippen molar-refractivity contribution >= 4 is 11.1 Å². The smallest absolute Gasteiger partial charge is 0.152 e. The fourth-order valence-electron chi connectivity index (χ4n) is 1.05. The molecule has 13 heavy (non-hydrogen) atoms. The van der Waals surface area contributed by atoms with Crippen LogP contribution in [0.25, 0.3) is 0 Å². The number of hydrogen-bond acceptors (Lipinski definition) is 3. The quantitative estimate of drug-likeness (QED) is 0.624. The van der Waals surface area contributed by atoms with Gasteiger partial charge in [0.05, 0.1) is 11.8 Å². The minimum Gasteiger partial charge on any atom is -0.306 e. The van der Waals surface area contributed by atoms with Crippen molar-refractivity contribution in [1.82, 2.24) is 4.90 Å². The second-order valence-corrected chi connectivity index (χ2v) is 3.77. The van der Waals surface area contributed by atoms with Crippen LogP contribution in [0.2, 0.25) is 0 Å². The van der Waals surface area contributed by atoms with Crippen LogP contribution < -0.4 is 0 Å². The highest BCUT2D eigenvalue weighted by Gasteiger charge is 2.02. The molecule has 1 atom stereocenters. The first-order valence-electron chi connectivity index (χ1n) is 4.37. The number of nitriles is 1. The average Bonchev–Trinajstić information content (AvgIpc) is 2.10. The van der Waals surface area contributed by atoms with Crippen molar-refractivity contribution in [3.63, 3.8) is 0 Å². The molecular weight excluding hydrogens is 188 g/mol. The van der Waals surface area contributed by atoms with E-state index in [1.54, 1.807) is 0 Å². The van der Waals surface area contributed by atoms with Crippen LogP contribution in [0.4, 0.5) is 0 Å². The molecular formula is C8H16N2O2S. The zero-order chi connectivity index (χ0) is 10.1. The van der Waals surface area contributed by atoms with E-state index in [-0.39, 0.29) is 0 Å². The van der Waals surface area contributed by atoms with Crippen molar-refractivity contribution in [2.45, 2.75) is 19.8 Å². The van der Waals surface area contributed by atoms with Crippen LogP contribution in [0.3, 0.4) is 0 Å². The average molecular weight is 204 g/mol. The molecule has 1 N–H and O–H groups in total. The predicted octanol–water partition coefficient (Wildman–Crippen LogP) is 0.834. The molecule has 0 heterocycles. The lowest BCUT2D eigenvalue weighted by Gasteiger charge is -2.17. The molecule has 0 aliphatic rings. The van der Waals surface area contributed by atoms with Crippen LogP contribution in [-0.4, -0.2) is 39.0 Å². The molecule has 5 heteroatoms. The van der Waals surface area contributed by atoms with Gasteiger partial charge in [-0.3, -0.25) is 0 Å². The topological polar surface area (TPSA) is 64.3 Å². The minimum atomic E-state index is -1.68. The van der Waals surface area contributed by atoms with Gasteiger partial charge in [0.25, 0.3) is 0 Å². The van der Waals surface area contributed by atoms with E-state index in [2.05, 4.69) is 11.0 Å². The van der Waals surface area contributed by atoms with Crippen LogP contribution >= 0.6 is 0 Å². The van der Waals surface area contributed by atoms with Crippen LogP contribution in [0.5, 0.6) is 0 Å². The van der Waals surface area contributed by atoms with E-state index < -0.39 is 11.1 Å². The Labute approximate surface area is 81.8 Å². The second-order valence-electron chi connectivity index (χ2n) is 2.72. The summed E-state index contributed by atoms with van der Waals surface area (Å²) < 4.78 is 18.8. The molecule has 0 aliphatic heterocycles. The Morgan fingerprint density at radius 3 is 2.69 bits per heavy atom. The molecule has 0 fully saturated rings. The lowest BCUT2D eigenvalue weighted by atomic mass is 10.3. The number of rotatable bonds is 7. The van der Waals surface area contributed by atoms with Gasteiger partial charge in [-0.2, -0.15) is 5.26 Å². The molecule has 0 aromatic heterocycles. The Bertz CT molecular complexity index is 191. The Hall–Kier alpha value is -0.440. The van der Waals surface area contributed by atoms with E-state index in [0.717, 1.165) is 19.6 Å². The third kappa shape index (κ3) is 7.91. The summed E-state index contributed by atoms with van der Waals surface area (Å²) in [5.74, 6) is 0.322. The minimum absolute atomic E-state index is 0.322. The normalized spacial score (nSPS) is 12.8.